The molecule has 0 saturated heterocycles. The van der Waals surface area contributed by atoms with Crippen LogP contribution >= 0.6 is 0 Å². The Morgan fingerprint density at radius 3 is 2.50 bits per heavy atom. The van der Waals surface area contributed by atoms with E-state index in [1.54, 1.807) is 0 Å². The normalized spacial score (nSPS) is 12.7. The number of anilines is 1. The van der Waals surface area contributed by atoms with Crippen molar-refractivity contribution in [1.82, 2.24) is 5.32 Å². The van der Waals surface area contributed by atoms with Crippen LogP contribution in [0.5, 0.6) is 0 Å². The molecule has 14 heavy (non-hydrogen) atoms. The fourth-order valence-corrected chi connectivity index (χ4v) is 1.29. The molecule has 0 heterocycles. The fraction of sp³-hybridized carbons (Fsp3) is 0.500. The molecule has 0 spiro atoms. The predicted molar refractivity (Wildman–Crippen MR) is 62.3 cm³/mol. The van der Waals surface area contributed by atoms with E-state index in [1.807, 2.05) is 12.1 Å². The smallest absolute Gasteiger partial charge is 0.0314 e. The van der Waals surface area contributed by atoms with Gasteiger partial charge in [-0.3, -0.25) is 0 Å². The van der Waals surface area contributed by atoms with E-state index in [4.69, 9.17) is 5.73 Å². The Bertz CT molecular complexity index is 254. The lowest BCUT2D eigenvalue weighted by molar-refractivity contribution is 0.537. The maximum Gasteiger partial charge on any atom is 0.0314 e. The van der Waals surface area contributed by atoms with Gasteiger partial charge in [0.15, 0.2) is 0 Å². The van der Waals surface area contributed by atoms with Gasteiger partial charge in [0.25, 0.3) is 0 Å². The van der Waals surface area contributed by atoms with Gasteiger partial charge in [0.1, 0.15) is 0 Å². The Morgan fingerprint density at radius 2 is 1.93 bits per heavy atom. The minimum atomic E-state index is 0.615. The first-order valence-corrected chi connectivity index (χ1v) is 5.30. The third kappa shape index (κ3) is 3.79. The molecule has 1 unspecified atom stereocenters. The lowest BCUT2D eigenvalue weighted by Gasteiger charge is -2.10. The zero-order valence-corrected chi connectivity index (χ0v) is 9.09. The van der Waals surface area contributed by atoms with Crippen LogP contribution in [0.15, 0.2) is 24.3 Å². The Morgan fingerprint density at radius 1 is 1.29 bits per heavy atom. The number of nitrogens with two attached hydrogens (primary N) is 1. The van der Waals surface area contributed by atoms with Gasteiger partial charge in [-0.2, -0.15) is 0 Å². The number of hydrogen-bond donors (Lipinski definition) is 2. The van der Waals surface area contributed by atoms with Gasteiger partial charge in [0.05, 0.1) is 0 Å². The molecular formula is C12H20N2. The number of benzene rings is 1. The highest BCUT2D eigenvalue weighted by Crippen LogP contribution is 2.05. The number of nitrogen functional groups attached to an aromatic ring is 1. The van der Waals surface area contributed by atoms with E-state index in [2.05, 4.69) is 31.3 Å². The Kier molecular flexibility index (Phi) is 4.47. The topological polar surface area (TPSA) is 38.0 Å². The van der Waals surface area contributed by atoms with Crippen molar-refractivity contribution in [3.8, 4) is 0 Å². The van der Waals surface area contributed by atoms with Gasteiger partial charge in [-0.25, -0.2) is 0 Å². The highest BCUT2D eigenvalue weighted by atomic mass is 14.9. The van der Waals surface area contributed by atoms with Crippen molar-refractivity contribution in [3.63, 3.8) is 0 Å². The molecule has 2 nitrogen and oxygen atoms in total. The molecule has 2 heteroatoms. The third-order valence-electron chi connectivity index (χ3n) is 2.50. The van der Waals surface area contributed by atoms with Crippen molar-refractivity contribution >= 4 is 5.69 Å². The van der Waals surface area contributed by atoms with Gasteiger partial charge < -0.3 is 11.1 Å². The van der Waals surface area contributed by atoms with Gasteiger partial charge in [-0.05, 0) is 44.0 Å². The molecule has 0 fully saturated rings. The summed E-state index contributed by atoms with van der Waals surface area (Å²) < 4.78 is 0. The number of hydrogen-bond acceptors (Lipinski definition) is 2. The van der Waals surface area contributed by atoms with Crippen molar-refractivity contribution in [2.24, 2.45) is 0 Å². The van der Waals surface area contributed by atoms with E-state index in [0.717, 1.165) is 18.7 Å². The highest BCUT2D eigenvalue weighted by molar-refractivity contribution is 5.39. The van der Waals surface area contributed by atoms with Crippen LogP contribution in [0.2, 0.25) is 0 Å². The van der Waals surface area contributed by atoms with Crippen LogP contribution in [-0.2, 0) is 6.42 Å². The Hall–Kier alpha value is -1.02. The summed E-state index contributed by atoms with van der Waals surface area (Å²) in [6.07, 6.45) is 2.26. The van der Waals surface area contributed by atoms with Crippen LogP contribution in [0.4, 0.5) is 5.69 Å². The lowest BCUT2D eigenvalue weighted by Crippen LogP contribution is -2.27. The molecule has 1 atom stereocenters. The third-order valence-corrected chi connectivity index (χ3v) is 2.50. The molecule has 0 amide bonds. The summed E-state index contributed by atoms with van der Waals surface area (Å²) in [5.41, 5.74) is 7.79. The van der Waals surface area contributed by atoms with Gasteiger partial charge in [0, 0.05) is 11.7 Å². The number of rotatable bonds is 5. The summed E-state index contributed by atoms with van der Waals surface area (Å²) in [4.78, 5) is 0. The average molecular weight is 192 g/mol. The Labute approximate surface area is 86.5 Å². The van der Waals surface area contributed by atoms with Crippen molar-refractivity contribution in [1.29, 1.82) is 0 Å². The first kappa shape index (κ1) is 11.1. The van der Waals surface area contributed by atoms with E-state index in [9.17, 15) is 0 Å². The molecule has 3 N–H and O–H groups in total. The van der Waals surface area contributed by atoms with Crippen LogP contribution < -0.4 is 11.1 Å². The van der Waals surface area contributed by atoms with E-state index < -0.39 is 0 Å². The monoisotopic (exact) mass is 192 g/mol. The second-order valence-corrected chi connectivity index (χ2v) is 3.76. The molecule has 0 radical (unpaired) electrons. The summed E-state index contributed by atoms with van der Waals surface area (Å²) in [5.74, 6) is 0. The summed E-state index contributed by atoms with van der Waals surface area (Å²) in [6, 6.07) is 8.71. The molecule has 0 aromatic heterocycles. The maximum atomic E-state index is 5.61. The fourth-order valence-electron chi connectivity index (χ4n) is 1.29. The van der Waals surface area contributed by atoms with Crippen LogP contribution in [0.1, 0.15) is 25.8 Å². The van der Waals surface area contributed by atoms with Crippen molar-refractivity contribution in [3.05, 3.63) is 29.8 Å². The lowest BCUT2D eigenvalue weighted by atomic mass is 10.1. The molecule has 0 aliphatic carbocycles. The SMILES string of the molecule is CCC(C)NCCc1ccc(N)cc1. The molecule has 1 aromatic carbocycles. The van der Waals surface area contributed by atoms with Gasteiger partial charge in [0.2, 0.25) is 0 Å². The minimum absolute atomic E-state index is 0.615. The van der Waals surface area contributed by atoms with Crippen LogP contribution in [0, 0.1) is 0 Å². The largest absolute Gasteiger partial charge is 0.399 e. The average Bonchev–Trinajstić information content (AvgIpc) is 2.21. The van der Waals surface area contributed by atoms with Crippen molar-refractivity contribution < 1.29 is 0 Å². The van der Waals surface area contributed by atoms with Crippen LogP contribution in [0.25, 0.3) is 0 Å². The first-order valence-electron chi connectivity index (χ1n) is 5.30. The van der Waals surface area contributed by atoms with E-state index >= 15 is 0 Å². The zero-order chi connectivity index (χ0) is 10.4. The van der Waals surface area contributed by atoms with Gasteiger partial charge in [-0.15, -0.1) is 0 Å². The first-order chi connectivity index (χ1) is 6.72. The Balaban J connectivity index is 2.28. The molecular weight excluding hydrogens is 172 g/mol. The zero-order valence-electron chi connectivity index (χ0n) is 9.09. The quantitative estimate of drug-likeness (QED) is 0.702. The van der Waals surface area contributed by atoms with Crippen LogP contribution in [-0.4, -0.2) is 12.6 Å². The summed E-state index contributed by atoms with van der Waals surface area (Å²) >= 11 is 0. The summed E-state index contributed by atoms with van der Waals surface area (Å²) in [5, 5.41) is 3.46. The molecule has 0 bridgehead atoms. The minimum Gasteiger partial charge on any atom is -0.399 e. The van der Waals surface area contributed by atoms with E-state index in [1.165, 1.54) is 12.0 Å². The number of nitrogens with one attached hydrogen (secondary N) is 1. The summed E-state index contributed by atoms with van der Waals surface area (Å²) in [7, 11) is 0. The standard InChI is InChI=1S/C12H20N2/c1-3-10(2)14-9-8-11-4-6-12(13)7-5-11/h4-7,10,14H,3,8-9,13H2,1-2H3. The predicted octanol–water partition coefficient (Wildman–Crippen LogP) is 2.20. The molecule has 1 rings (SSSR count). The second kappa shape index (κ2) is 5.66. The van der Waals surface area contributed by atoms with Gasteiger partial charge >= 0.3 is 0 Å². The molecule has 78 valence electrons. The molecule has 0 saturated carbocycles. The van der Waals surface area contributed by atoms with E-state index in [0.29, 0.717) is 6.04 Å². The van der Waals surface area contributed by atoms with Crippen molar-refractivity contribution in [2.45, 2.75) is 32.7 Å². The van der Waals surface area contributed by atoms with Gasteiger partial charge in [-0.1, -0.05) is 19.1 Å². The summed E-state index contributed by atoms with van der Waals surface area (Å²) in [6.45, 7) is 5.45. The highest BCUT2D eigenvalue weighted by Gasteiger charge is 1.97. The molecule has 0 aliphatic heterocycles. The second-order valence-electron chi connectivity index (χ2n) is 3.76. The molecule has 0 aliphatic rings. The van der Waals surface area contributed by atoms with Crippen molar-refractivity contribution in [2.75, 3.05) is 12.3 Å². The van der Waals surface area contributed by atoms with E-state index in [-0.39, 0.29) is 0 Å². The van der Waals surface area contributed by atoms with Crippen LogP contribution in [0.3, 0.4) is 0 Å². The molecule has 1 aromatic rings. The maximum absolute atomic E-state index is 5.61.